The normalized spacial score (nSPS) is 12.6. The molecule has 3 heterocycles. The lowest BCUT2D eigenvalue weighted by Gasteiger charge is -2.15. The summed E-state index contributed by atoms with van der Waals surface area (Å²) in [4.78, 5) is 9.22. The van der Waals surface area contributed by atoms with Crippen molar-refractivity contribution in [2.24, 2.45) is 4.99 Å². The molecule has 2 aromatic heterocycles. The summed E-state index contributed by atoms with van der Waals surface area (Å²) in [5, 5.41) is 2.48. The zero-order valence-corrected chi connectivity index (χ0v) is 22.5. The SMILES string of the molecule is C1=NCc2cc3c4cc(-c5ccccn5)ccc4n(-c4cc(-c5ccccc5)cc(-c5ccccc5)c4)c3cc2C1. The van der Waals surface area contributed by atoms with E-state index in [1.807, 2.05) is 24.5 Å². The van der Waals surface area contributed by atoms with Crippen molar-refractivity contribution in [1.82, 2.24) is 9.55 Å². The van der Waals surface area contributed by atoms with E-state index in [4.69, 9.17) is 0 Å². The molecule has 41 heavy (non-hydrogen) atoms. The maximum absolute atomic E-state index is 4.64. The average molecular weight is 526 g/mol. The zero-order chi connectivity index (χ0) is 27.2. The molecule has 0 spiro atoms. The molecule has 0 radical (unpaired) electrons. The van der Waals surface area contributed by atoms with Crippen molar-refractivity contribution >= 4 is 28.0 Å². The van der Waals surface area contributed by atoms with Gasteiger partial charge in [-0.25, -0.2) is 0 Å². The molecule has 0 amide bonds. The van der Waals surface area contributed by atoms with Crippen molar-refractivity contribution in [3.05, 3.63) is 145 Å². The van der Waals surface area contributed by atoms with E-state index >= 15 is 0 Å². The second-order valence-corrected chi connectivity index (χ2v) is 10.6. The summed E-state index contributed by atoms with van der Waals surface area (Å²) in [6, 6.07) is 45.9. The molecule has 7 aromatic rings. The van der Waals surface area contributed by atoms with E-state index in [0.717, 1.165) is 29.9 Å². The van der Waals surface area contributed by atoms with Crippen molar-refractivity contribution < 1.29 is 0 Å². The van der Waals surface area contributed by atoms with Crippen LogP contribution in [-0.2, 0) is 13.0 Å². The minimum absolute atomic E-state index is 0.736. The van der Waals surface area contributed by atoms with E-state index in [-0.39, 0.29) is 0 Å². The summed E-state index contributed by atoms with van der Waals surface area (Å²) < 4.78 is 2.44. The lowest BCUT2D eigenvalue weighted by molar-refractivity contribution is 1.01. The van der Waals surface area contributed by atoms with Gasteiger partial charge in [0.25, 0.3) is 0 Å². The van der Waals surface area contributed by atoms with Crippen LogP contribution < -0.4 is 0 Å². The van der Waals surface area contributed by atoms with Gasteiger partial charge in [-0.3, -0.25) is 9.98 Å². The number of nitrogens with zero attached hydrogens (tertiary/aromatic N) is 3. The van der Waals surface area contributed by atoms with Gasteiger partial charge in [0, 0.05) is 40.9 Å². The number of pyridine rings is 1. The minimum atomic E-state index is 0.736. The molecule has 0 bridgehead atoms. The first-order valence-corrected chi connectivity index (χ1v) is 14.1. The Bertz CT molecular complexity index is 2010. The fourth-order valence-electron chi connectivity index (χ4n) is 6.12. The minimum Gasteiger partial charge on any atom is -0.309 e. The van der Waals surface area contributed by atoms with Gasteiger partial charge in [-0.15, -0.1) is 0 Å². The molecule has 0 N–H and O–H groups in total. The molecule has 3 heteroatoms. The van der Waals surface area contributed by atoms with Crippen molar-refractivity contribution in [2.45, 2.75) is 13.0 Å². The van der Waals surface area contributed by atoms with Crippen LogP contribution in [0.15, 0.2) is 139 Å². The van der Waals surface area contributed by atoms with Crippen LogP contribution in [0.5, 0.6) is 0 Å². The maximum Gasteiger partial charge on any atom is 0.0702 e. The summed E-state index contributed by atoms with van der Waals surface area (Å²) >= 11 is 0. The van der Waals surface area contributed by atoms with Gasteiger partial charge < -0.3 is 4.57 Å². The van der Waals surface area contributed by atoms with E-state index in [2.05, 4.69) is 130 Å². The topological polar surface area (TPSA) is 30.2 Å². The van der Waals surface area contributed by atoms with E-state index in [1.54, 1.807) is 0 Å². The van der Waals surface area contributed by atoms with Gasteiger partial charge in [-0.1, -0.05) is 72.8 Å². The Balaban J connectivity index is 1.44. The Labute approximate surface area is 239 Å². The van der Waals surface area contributed by atoms with E-state index < -0.39 is 0 Å². The van der Waals surface area contributed by atoms with Crippen molar-refractivity contribution in [3.63, 3.8) is 0 Å². The smallest absolute Gasteiger partial charge is 0.0702 e. The number of benzene rings is 5. The fourth-order valence-corrected chi connectivity index (χ4v) is 6.12. The van der Waals surface area contributed by atoms with E-state index in [0.29, 0.717) is 0 Å². The van der Waals surface area contributed by atoms with Crippen LogP contribution in [0.2, 0.25) is 0 Å². The fraction of sp³-hybridized carbons (Fsp3) is 0.0526. The lowest BCUT2D eigenvalue weighted by Crippen LogP contribution is -2.02. The molecule has 0 aliphatic carbocycles. The average Bonchev–Trinajstić information content (AvgIpc) is 3.37. The monoisotopic (exact) mass is 525 g/mol. The lowest BCUT2D eigenvalue weighted by atomic mass is 9.97. The second-order valence-electron chi connectivity index (χ2n) is 10.6. The van der Waals surface area contributed by atoms with Gasteiger partial charge in [-0.2, -0.15) is 0 Å². The highest BCUT2D eigenvalue weighted by molar-refractivity contribution is 6.11. The molecular formula is C38H27N3. The third-order valence-electron chi connectivity index (χ3n) is 8.14. The number of hydrogen-bond donors (Lipinski definition) is 0. The van der Waals surface area contributed by atoms with Gasteiger partial charge in [0.1, 0.15) is 0 Å². The molecule has 5 aromatic carbocycles. The quantitative estimate of drug-likeness (QED) is 0.225. The number of aromatic nitrogens is 2. The van der Waals surface area contributed by atoms with E-state index in [1.165, 1.54) is 55.2 Å². The summed E-state index contributed by atoms with van der Waals surface area (Å²) in [6.45, 7) is 0.736. The first-order chi connectivity index (χ1) is 20.3. The molecule has 0 unspecified atom stereocenters. The highest BCUT2D eigenvalue weighted by atomic mass is 15.0. The number of hydrogen-bond acceptors (Lipinski definition) is 2. The van der Waals surface area contributed by atoms with Gasteiger partial charge in [0.15, 0.2) is 0 Å². The highest BCUT2D eigenvalue weighted by Gasteiger charge is 2.18. The number of fused-ring (bicyclic) bond motifs is 4. The first-order valence-electron chi connectivity index (χ1n) is 14.1. The van der Waals surface area contributed by atoms with Gasteiger partial charge in [-0.05, 0) is 88.0 Å². The largest absolute Gasteiger partial charge is 0.309 e. The molecule has 0 saturated heterocycles. The molecule has 3 nitrogen and oxygen atoms in total. The zero-order valence-electron chi connectivity index (χ0n) is 22.5. The van der Waals surface area contributed by atoms with Crippen molar-refractivity contribution in [2.75, 3.05) is 0 Å². The predicted molar refractivity (Wildman–Crippen MR) is 171 cm³/mol. The standard InChI is InChI=1S/C38H27N3/c1-3-9-26(10-4-1)30-19-31(27-11-5-2-6-12-27)21-33(20-30)41-37-15-14-29(36-13-7-8-17-40-36)22-34(37)35-23-32-25-39-18-16-28(32)24-38(35)41/h1-15,17-24H,16,25H2. The molecule has 0 saturated carbocycles. The third-order valence-corrected chi connectivity index (χ3v) is 8.14. The van der Waals surface area contributed by atoms with Gasteiger partial charge in [0.2, 0.25) is 0 Å². The van der Waals surface area contributed by atoms with Crippen LogP contribution >= 0.6 is 0 Å². The Morgan fingerprint density at radius 3 is 1.93 bits per heavy atom. The first kappa shape index (κ1) is 23.6. The van der Waals surface area contributed by atoms with Crippen molar-refractivity contribution in [1.29, 1.82) is 0 Å². The molecule has 194 valence electrons. The summed E-state index contributed by atoms with van der Waals surface area (Å²) in [7, 11) is 0. The number of aliphatic imine (C=N–C) groups is 1. The molecule has 0 fully saturated rings. The number of rotatable bonds is 4. The second kappa shape index (κ2) is 9.72. The summed E-state index contributed by atoms with van der Waals surface area (Å²) in [6.07, 6.45) is 4.77. The molecule has 1 aliphatic rings. The Kier molecular flexibility index (Phi) is 5.60. The molecule has 0 atom stereocenters. The van der Waals surface area contributed by atoms with E-state index in [9.17, 15) is 0 Å². The summed E-state index contributed by atoms with van der Waals surface area (Å²) in [5.41, 5.74) is 13.1. The van der Waals surface area contributed by atoms with Gasteiger partial charge >= 0.3 is 0 Å². The molecule has 1 aliphatic heterocycles. The Hall–Kier alpha value is -5.28. The van der Waals surface area contributed by atoms with Crippen LogP contribution in [-0.4, -0.2) is 15.8 Å². The summed E-state index contributed by atoms with van der Waals surface area (Å²) in [5.74, 6) is 0. The third kappa shape index (κ3) is 4.14. The highest BCUT2D eigenvalue weighted by Crippen LogP contribution is 2.39. The predicted octanol–water partition coefficient (Wildman–Crippen LogP) is 9.31. The Morgan fingerprint density at radius 1 is 0.512 bits per heavy atom. The van der Waals surface area contributed by atoms with Crippen LogP contribution in [0.3, 0.4) is 0 Å². The van der Waals surface area contributed by atoms with Crippen LogP contribution in [0.1, 0.15) is 11.1 Å². The molecule has 8 rings (SSSR count). The molecular weight excluding hydrogens is 498 g/mol. The maximum atomic E-state index is 4.64. The Morgan fingerprint density at radius 2 is 1.22 bits per heavy atom. The van der Waals surface area contributed by atoms with Crippen LogP contribution in [0.25, 0.3) is 61.0 Å². The van der Waals surface area contributed by atoms with Crippen LogP contribution in [0.4, 0.5) is 0 Å². The van der Waals surface area contributed by atoms with Gasteiger partial charge in [0.05, 0.1) is 23.3 Å². The van der Waals surface area contributed by atoms with Crippen LogP contribution in [0, 0.1) is 0 Å². The van der Waals surface area contributed by atoms with Crippen molar-refractivity contribution in [3.8, 4) is 39.2 Å².